The molecule has 1 aromatic carbocycles. The molecule has 3 aromatic rings. The molecule has 2 unspecified atom stereocenters. The van der Waals surface area contributed by atoms with Crippen LogP contribution in [0.15, 0.2) is 46.1 Å². The molecule has 31 heavy (non-hydrogen) atoms. The zero-order valence-electron chi connectivity index (χ0n) is 17.4. The van der Waals surface area contributed by atoms with E-state index < -0.39 is 0 Å². The van der Waals surface area contributed by atoms with Crippen molar-refractivity contribution in [3.63, 3.8) is 0 Å². The Balaban J connectivity index is 1.36. The molecule has 0 saturated carbocycles. The summed E-state index contributed by atoms with van der Waals surface area (Å²) in [5.74, 6) is 0.368. The number of benzene rings is 1. The summed E-state index contributed by atoms with van der Waals surface area (Å²) in [4.78, 5) is 32.3. The summed E-state index contributed by atoms with van der Waals surface area (Å²) < 4.78 is 5.67. The summed E-state index contributed by atoms with van der Waals surface area (Å²) >= 11 is 0. The predicted molar refractivity (Wildman–Crippen MR) is 117 cm³/mol. The normalized spacial score (nSPS) is 20.0. The predicted octanol–water partition coefficient (Wildman–Crippen LogP) is 2.63. The van der Waals surface area contributed by atoms with E-state index in [4.69, 9.17) is 4.42 Å². The third-order valence-corrected chi connectivity index (χ3v) is 5.35. The van der Waals surface area contributed by atoms with Crippen molar-refractivity contribution in [2.45, 2.75) is 32.5 Å². The highest BCUT2D eigenvalue weighted by Crippen LogP contribution is 2.28. The molecule has 0 bridgehead atoms. The molecule has 5 rings (SSSR count). The quantitative estimate of drug-likeness (QED) is 0.674. The van der Waals surface area contributed by atoms with Gasteiger partial charge >= 0.3 is 6.01 Å². The van der Waals surface area contributed by atoms with E-state index in [1.54, 1.807) is 11.1 Å². The average molecular weight is 417 g/mol. The van der Waals surface area contributed by atoms with Gasteiger partial charge in [-0.1, -0.05) is 24.3 Å². The first-order valence-corrected chi connectivity index (χ1v) is 10.3. The second-order valence-electron chi connectivity index (χ2n) is 7.96. The van der Waals surface area contributed by atoms with Crippen molar-refractivity contribution in [1.29, 1.82) is 0 Å². The van der Waals surface area contributed by atoms with Gasteiger partial charge < -0.3 is 14.6 Å². The topological polar surface area (TPSA) is 109 Å². The first-order chi connectivity index (χ1) is 15.1. The maximum Gasteiger partial charge on any atom is 0.302 e. The zero-order chi connectivity index (χ0) is 21.4. The van der Waals surface area contributed by atoms with Crippen LogP contribution in [0, 0.1) is 0 Å². The second-order valence-corrected chi connectivity index (χ2v) is 7.96. The van der Waals surface area contributed by atoms with Gasteiger partial charge in [0.2, 0.25) is 11.7 Å². The summed E-state index contributed by atoms with van der Waals surface area (Å²) in [6.45, 7) is 5.89. The fraction of sp³-hybridized carbons (Fsp3) is 0.318. The molecule has 2 aliphatic rings. The molecule has 9 heteroatoms. The van der Waals surface area contributed by atoms with Gasteiger partial charge in [0.1, 0.15) is 0 Å². The molecule has 2 aliphatic heterocycles. The lowest BCUT2D eigenvalue weighted by Gasteiger charge is -2.35. The number of anilines is 2. The Morgan fingerprint density at radius 1 is 1.16 bits per heavy atom. The zero-order valence-corrected chi connectivity index (χ0v) is 17.4. The Labute approximate surface area is 179 Å². The Kier molecular flexibility index (Phi) is 4.95. The Morgan fingerprint density at radius 2 is 1.97 bits per heavy atom. The van der Waals surface area contributed by atoms with E-state index in [2.05, 4.69) is 44.4 Å². The van der Waals surface area contributed by atoms with Crippen molar-refractivity contribution in [3.05, 3.63) is 53.5 Å². The van der Waals surface area contributed by atoms with E-state index in [1.165, 1.54) is 6.20 Å². The molecule has 1 fully saturated rings. The third kappa shape index (κ3) is 3.91. The van der Waals surface area contributed by atoms with Crippen LogP contribution in [0.3, 0.4) is 0 Å². The first kappa shape index (κ1) is 19.4. The van der Waals surface area contributed by atoms with Crippen LogP contribution in [0.2, 0.25) is 0 Å². The number of aromatic nitrogens is 3. The van der Waals surface area contributed by atoms with E-state index in [-0.39, 0.29) is 29.8 Å². The number of amides is 1. The van der Waals surface area contributed by atoms with Crippen LogP contribution >= 0.6 is 0 Å². The largest absolute Gasteiger partial charge is 0.418 e. The SMILES string of the molecule is CC1CN(C(=O)c2cnc(Nc3ncc4c(n3)-c3ccccc3C=NC4)o2)CC(C)N1. The Hall–Kier alpha value is -3.59. The van der Waals surface area contributed by atoms with Gasteiger partial charge in [0.25, 0.3) is 5.91 Å². The summed E-state index contributed by atoms with van der Waals surface area (Å²) in [7, 11) is 0. The highest BCUT2D eigenvalue weighted by molar-refractivity contribution is 5.92. The van der Waals surface area contributed by atoms with Crippen molar-refractivity contribution < 1.29 is 9.21 Å². The highest BCUT2D eigenvalue weighted by Gasteiger charge is 2.28. The number of carbonyl (C=O) groups is 1. The van der Waals surface area contributed by atoms with Gasteiger partial charge in [-0.3, -0.25) is 15.1 Å². The van der Waals surface area contributed by atoms with Crippen LogP contribution in [0.5, 0.6) is 0 Å². The van der Waals surface area contributed by atoms with Gasteiger partial charge in [-0.15, -0.1) is 0 Å². The van der Waals surface area contributed by atoms with Crippen molar-refractivity contribution >= 4 is 24.1 Å². The highest BCUT2D eigenvalue weighted by atomic mass is 16.4. The standard InChI is InChI=1S/C22H23N7O2/c1-13-11-29(12-14(2)26-13)20(30)18-10-25-22(31-18)28-21-24-9-16-8-23-7-15-5-3-4-6-17(15)19(16)27-21/h3-7,9-10,13-14,26H,8,11-12H2,1-2H3,(H,24,25,27,28). The maximum absolute atomic E-state index is 12.8. The summed E-state index contributed by atoms with van der Waals surface area (Å²) in [5.41, 5.74) is 3.76. The fourth-order valence-corrected chi connectivity index (χ4v) is 4.06. The molecule has 1 amide bonds. The monoisotopic (exact) mass is 417 g/mol. The van der Waals surface area contributed by atoms with Gasteiger partial charge in [0.05, 0.1) is 18.4 Å². The summed E-state index contributed by atoms with van der Waals surface area (Å²) in [6.07, 6.45) is 5.05. The molecule has 0 spiro atoms. The van der Waals surface area contributed by atoms with Crippen LogP contribution in [-0.4, -0.2) is 57.1 Å². The molecule has 158 valence electrons. The molecule has 2 aromatic heterocycles. The number of fused-ring (bicyclic) bond motifs is 3. The molecule has 9 nitrogen and oxygen atoms in total. The van der Waals surface area contributed by atoms with Crippen molar-refractivity contribution in [3.8, 4) is 11.3 Å². The molecule has 2 atom stereocenters. The number of rotatable bonds is 3. The number of hydrogen-bond donors (Lipinski definition) is 2. The number of nitrogens with zero attached hydrogens (tertiary/aromatic N) is 5. The van der Waals surface area contributed by atoms with Crippen molar-refractivity contribution in [2.24, 2.45) is 4.99 Å². The third-order valence-electron chi connectivity index (χ3n) is 5.35. The van der Waals surface area contributed by atoms with Crippen LogP contribution in [0.25, 0.3) is 11.3 Å². The van der Waals surface area contributed by atoms with E-state index in [9.17, 15) is 4.79 Å². The van der Waals surface area contributed by atoms with Crippen LogP contribution < -0.4 is 10.6 Å². The lowest BCUT2D eigenvalue weighted by molar-refractivity contribution is 0.0643. The summed E-state index contributed by atoms with van der Waals surface area (Å²) in [6, 6.07) is 8.60. The lowest BCUT2D eigenvalue weighted by Crippen LogP contribution is -2.55. The number of nitrogens with one attached hydrogen (secondary N) is 2. The van der Waals surface area contributed by atoms with Crippen LogP contribution in [0.1, 0.15) is 35.5 Å². The maximum atomic E-state index is 12.8. The van der Waals surface area contributed by atoms with E-state index in [0.29, 0.717) is 25.6 Å². The van der Waals surface area contributed by atoms with E-state index >= 15 is 0 Å². The van der Waals surface area contributed by atoms with Gasteiger partial charge in [-0.2, -0.15) is 0 Å². The molecular formula is C22H23N7O2. The molecule has 4 heterocycles. The molecule has 0 aliphatic carbocycles. The van der Waals surface area contributed by atoms with Crippen LogP contribution in [-0.2, 0) is 6.54 Å². The van der Waals surface area contributed by atoms with Crippen molar-refractivity contribution in [1.82, 2.24) is 25.2 Å². The number of piperazine rings is 1. The Bertz CT molecular complexity index is 1150. The number of carbonyl (C=O) groups excluding carboxylic acids is 1. The number of hydrogen-bond acceptors (Lipinski definition) is 8. The minimum Gasteiger partial charge on any atom is -0.418 e. The smallest absolute Gasteiger partial charge is 0.302 e. The second kappa shape index (κ2) is 7.92. The lowest BCUT2D eigenvalue weighted by atomic mass is 10.0. The van der Waals surface area contributed by atoms with Crippen molar-refractivity contribution in [2.75, 3.05) is 18.4 Å². The average Bonchev–Trinajstić information content (AvgIpc) is 3.14. The minimum atomic E-state index is -0.172. The van der Waals surface area contributed by atoms with Gasteiger partial charge in [-0.25, -0.2) is 15.0 Å². The van der Waals surface area contributed by atoms with Gasteiger partial charge in [-0.05, 0) is 13.8 Å². The fourth-order valence-electron chi connectivity index (χ4n) is 4.06. The number of aliphatic imine (C=N–C) groups is 1. The summed E-state index contributed by atoms with van der Waals surface area (Å²) in [5, 5.41) is 6.39. The first-order valence-electron chi connectivity index (χ1n) is 10.3. The molecule has 2 N–H and O–H groups in total. The van der Waals surface area contributed by atoms with Gasteiger partial charge in [0, 0.05) is 54.3 Å². The van der Waals surface area contributed by atoms with E-state index in [0.717, 1.165) is 22.4 Å². The van der Waals surface area contributed by atoms with Gasteiger partial charge in [0.15, 0.2) is 0 Å². The molecular weight excluding hydrogens is 394 g/mol. The Morgan fingerprint density at radius 3 is 2.81 bits per heavy atom. The molecule has 1 saturated heterocycles. The number of oxazole rings is 1. The molecule has 0 radical (unpaired) electrons. The minimum absolute atomic E-state index is 0.172. The van der Waals surface area contributed by atoms with Crippen LogP contribution in [0.4, 0.5) is 12.0 Å². The van der Waals surface area contributed by atoms with E-state index in [1.807, 2.05) is 30.5 Å².